The molecule has 5 nitrogen and oxygen atoms in total. The minimum Gasteiger partial charge on any atom is -0.481 e. The minimum atomic E-state index is -0.755. The number of carbonyl (C=O) groups is 2. The highest BCUT2D eigenvalue weighted by Gasteiger charge is 2.36. The lowest BCUT2D eigenvalue weighted by molar-refractivity contribution is -0.141. The van der Waals surface area contributed by atoms with Gasteiger partial charge in [-0.2, -0.15) is 0 Å². The average Bonchev–Trinajstić information content (AvgIpc) is 2.85. The van der Waals surface area contributed by atoms with Gasteiger partial charge in [-0.15, -0.1) is 0 Å². The van der Waals surface area contributed by atoms with E-state index in [9.17, 15) is 9.59 Å². The third-order valence-corrected chi connectivity index (χ3v) is 4.68. The fourth-order valence-corrected chi connectivity index (χ4v) is 3.43. The quantitative estimate of drug-likeness (QED) is 0.845. The topological polar surface area (TPSA) is 66.8 Å². The number of carboxylic acids is 1. The van der Waals surface area contributed by atoms with Crippen LogP contribution in [0.25, 0.3) is 0 Å². The first-order valence-electron chi connectivity index (χ1n) is 8.25. The zero-order chi connectivity index (χ0) is 15.2. The zero-order valence-electron chi connectivity index (χ0n) is 12.9. The van der Waals surface area contributed by atoms with Crippen molar-refractivity contribution in [2.45, 2.75) is 58.0 Å². The zero-order valence-corrected chi connectivity index (χ0v) is 12.9. The fourth-order valence-electron chi connectivity index (χ4n) is 3.43. The van der Waals surface area contributed by atoms with E-state index in [2.05, 4.69) is 6.92 Å². The van der Waals surface area contributed by atoms with Crippen molar-refractivity contribution in [3.05, 3.63) is 0 Å². The van der Waals surface area contributed by atoms with Gasteiger partial charge in [0.15, 0.2) is 0 Å². The van der Waals surface area contributed by atoms with Gasteiger partial charge in [-0.25, -0.2) is 0 Å². The molecule has 1 saturated carbocycles. The van der Waals surface area contributed by atoms with Crippen molar-refractivity contribution in [3.63, 3.8) is 0 Å². The molecule has 120 valence electrons. The number of hydrogen-bond acceptors (Lipinski definition) is 3. The molecule has 5 heteroatoms. The first-order valence-corrected chi connectivity index (χ1v) is 8.25. The molecule has 1 aliphatic carbocycles. The van der Waals surface area contributed by atoms with Gasteiger partial charge >= 0.3 is 5.97 Å². The number of likely N-dealkylation sites (tertiary alicyclic amines) is 1. The number of amides is 1. The summed E-state index contributed by atoms with van der Waals surface area (Å²) in [5.74, 6) is -1.00. The van der Waals surface area contributed by atoms with Gasteiger partial charge in [0.1, 0.15) is 0 Å². The summed E-state index contributed by atoms with van der Waals surface area (Å²) in [6.45, 7) is 4.44. The molecule has 1 aliphatic heterocycles. The van der Waals surface area contributed by atoms with Gasteiger partial charge in [0.2, 0.25) is 5.91 Å². The number of ether oxygens (including phenoxy) is 1. The number of nitrogens with zero attached hydrogens (tertiary/aromatic N) is 1. The number of aliphatic carboxylic acids is 1. The van der Waals surface area contributed by atoms with E-state index in [4.69, 9.17) is 9.84 Å². The maximum Gasteiger partial charge on any atom is 0.306 e. The molecule has 1 amide bonds. The van der Waals surface area contributed by atoms with Gasteiger partial charge in [0.05, 0.1) is 12.0 Å². The Morgan fingerprint density at radius 3 is 2.57 bits per heavy atom. The summed E-state index contributed by atoms with van der Waals surface area (Å²) in [5, 5.41) is 9.04. The van der Waals surface area contributed by atoms with Crippen LogP contribution >= 0.6 is 0 Å². The molecule has 1 saturated heterocycles. The molecule has 2 fully saturated rings. The van der Waals surface area contributed by atoms with Crippen molar-refractivity contribution >= 4 is 11.9 Å². The predicted octanol–water partition coefficient (Wildman–Crippen LogP) is 2.29. The molecule has 0 bridgehead atoms. The Morgan fingerprint density at radius 1 is 1.14 bits per heavy atom. The second kappa shape index (κ2) is 7.78. The van der Waals surface area contributed by atoms with E-state index in [1.165, 1.54) is 0 Å². The fraction of sp³-hybridized carbons (Fsp3) is 0.875. The lowest BCUT2D eigenvalue weighted by Gasteiger charge is -2.24. The first kappa shape index (κ1) is 16.3. The molecule has 1 N–H and O–H groups in total. The maximum atomic E-state index is 12.5. The number of carbonyl (C=O) groups excluding carboxylic acids is 1. The van der Waals surface area contributed by atoms with Crippen molar-refractivity contribution in [2.24, 2.45) is 11.8 Å². The molecule has 2 aliphatic rings. The minimum absolute atomic E-state index is 0.0841. The smallest absolute Gasteiger partial charge is 0.306 e. The summed E-state index contributed by atoms with van der Waals surface area (Å²) in [6.07, 6.45) is 6.09. The number of carboxylic acid groups (broad SMARTS) is 1. The Hall–Kier alpha value is -1.10. The average molecular weight is 297 g/mol. The van der Waals surface area contributed by atoms with Gasteiger partial charge in [0, 0.05) is 25.6 Å². The van der Waals surface area contributed by atoms with E-state index in [-0.39, 0.29) is 23.8 Å². The largest absolute Gasteiger partial charge is 0.481 e. The summed E-state index contributed by atoms with van der Waals surface area (Å²) in [7, 11) is 0. The highest BCUT2D eigenvalue weighted by atomic mass is 16.5. The van der Waals surface area contributed by atoms with Crippen LogP contribution in [0.1, 0.15) is 51.9 Å². The number of rotatable bonds is 5. The molecule has 1 unspecified atom stereocenters. The summed E-state index contributed by atoms with van der Waals surface area (Å²) >= 11 is 0. The Morgan fingerprint density at radius 2 is 1.90 bits per heavy atom. The summed E-state index contributed by atoms with van der Waals surface area (Å²) in [4.78, 5) is 25.5. The van der Waals surface area contributed by atoms with Crippen LogP contribution in [-0.4, -0.2) is 47.7 Å². The van der Waals surface area contributed by atoms with Gasteiger partial charge < -0.3 is 14.7 Å². The van der Waals surface area contributed by atoms with Crippen LogP contribution in [0.4, 0.5) is 0 Å². The van der Waals surface area contributed by atoms with Crippen molar-refractivity contribution in [1.29, 1.82) is 0 Å². The molecule has 0 aromatic carbocycles. The summed E-state index contributed by atoms with van der Waals surface area (Å²) in [6, 6.07) is 0. The summed E-state index contributed by atoms with van der Waals surface area (Å²) in [5.41, 5.74) is 0. The van der Waals surface area contributed by atoms with Gasteiger partial charge in [0.25, 0.3) is 0 Å². The maximum absolute atomic E-state index is 12.5. The van der Waals surface area contributed by atoms with Crippen LogP contribution in [-0.2, 0) is 14.3 Å². The van der Waals surface area contributed by atoms with Crippen LogP contribution in [0.2, 0.25) is 0 Å². The van der Waals surface area contributed by atoms with E-state index < -0.39 is 5.97 Å². The molecule has 21 heavy (non-hydrogen) atoms. The van der Waals surface area contributed by atoms with Crippen LogP contribution in [0.5, 0.6) is 0 Å². The lowest BCUT2D eigenvalue weighted by Crippen LogP contribution is -2.36. The molecule has 0 aromatic heterocycles. The van der Waals surface area contributed by atoms with Gasteiger partial charge in [-0.1, -0.05) is 6.92 Å². The van der Waals surface area contributed by atoms with Crippen molar-refractivity contribution in [3.8, 4) is 0 Å². The highest BCUT2D eigenvalue weighted by molar-refractivity contribution is 5.81. The van der Waals surface area contributed by atoms with E-state index in [1.54, 1.807) is 0 Å². The Kier molecular flexibility index (Phi) is 6.03. The Bertz CT molecular complexity index is 371. The second-order valence-corrected chi connectivity index (χ2v) is 6.29. The van der Waals surface area contributed by atoms with E-state index >= 15 is 0 Å². The molecule has 3 atom stereocenters. The van der Waals surface area contributed by atoms with Gasteiger partial charge in [-0.05, 0) is 44.9 Å². The third-order valence-electron chi connectivity index (χ3n) is 4.68. The molecule has 0 spiro atoms. The van der Waals surface area contributed by atoms with Crippen molar-refractivity contribution in [2.75, 3.05) is 19.7 Å². The monoisotopic (exact) mass is 297 g/mol. The Labute approximate surface area is 126 Å². The predicted molar refractivity (Wildman–Crippen MR) is 78.9 cm³/mol. The molecule has 0 aromatic rings. The van der Waals surface area contributed by atoms with E-state index in [1.807, 2.05) is 4.90 Å². The van der Waals surface area contributed by atoms with Gasteiger partial charge in [-0.3, -0.25) is 9.59 Å². The molecule has 1 heterocycles. The van der Waals surface area contributed by atoms with E-state index in [0.717, 1.165) is 51.8 Å². The van der Waals surface area contributed by atoms with Crippen molar-refractivity contribution < 1.29 is 19.4 Å². The first-order chi connectivity index (χ1) is 10.1. The number of hydrogen-bond donors (Lipinski definition) is 1. The molecule has 2 rings (SSSR count). The van der Waals surface area contributed by atoms with E-state index in [0.29, 0.717) is 12.8 Å². The lowest BCUT2D eigenvalue weighted by atomic mass is 10.0. The molecular formula is C16H27NO4. The summed E-state index contributed by atoms with van der Waals surface area (Å²) < 4.78 is 5.80. The molecule has 0 radical (unpaired) electrons. The van der Waals surface area contributed by atoms with Crippen LogP contribution in [0.15, 0.2) is 0 Å². The van der Waals surface area contributed by atoms with Crippen molar-refractivity contribution in [1.82, 2.24) is 4.90 Å². The van der Waals surface area contributed by atoms with Crippen LogP contribution in [0.3, 0.4) is 0 Å². The standard InChI is InChI=1S/C16H27NO4/c1-2-10-21-14-4-3-8-17(9-7-14)15(18)12-5-6-13(11-12)16(19)20/h12-14H,2-11H2,1H3,(H,19,20)/t12-,13+,14?/m1/s1. The normalized spacial score (nSPS) is 30.1. The molecular weight excluding hydrogens is 270 g/mol. The van der Waals surface area contributed by atoms with Crippen LogP contribution < -0.4 is 0 Å². The van der Waals surface area contributed by atoms with Crippen LogP contribution in [0, 0.1) is 11.8 Å². The second-order valence-electron chi connectivity index (χ2n) is 6.29. The third kappa shape index (κ3) is 4.43. The Balaban J connectivity index is 1.82. The highest BCUT2D eigenvalue weighted by Crippen LogP contribution is 2.33. The SMILES string of the molecule is CCCOC1CCCN(C(=O)[C@@H]2CC[C@H](C(=O)O)C2)CC1.